The van der Waals surface area contributed by atoms with Crippen LogP contribution in [0.15, 0.2) is 70.3 Å². The lowest BCUT2D eigenvalue weighted by Gasteiger charge is -2.22. The van der Waals surface area contributed by atoms with Crippen molar-refractivity contribution in [2.45, 2.75) is 6.61 Å². The molecule has 0 aliphatic carbocycles. The van der Waals surface area contributed by atoms with Gasteiger partial charge in [0.1, 0.15) is 6.61 Å². The number of rotatable bonds is 5. The molecule has 1 heterocycles. The number of aromatic nitrogens is 2. The van der Waals surface area contributed by atoms with E-state index in [9.17, 15) is 14.4 Å². The number of hydrogen-bond donors (Lipinski definition) is 0. The number of esters is 1. The van der Waals surface area contributed by atoms with Crippen molar-refractivity contribution in [3.8, 4) is 0 Å². The summed E-state index contributed by atoms with van der Waals surface area (Å²) < 4.78 is 7.68. The van der Waals surface area contributed by atoms with Gasteiger partial charge in [-0.25, -0.2) is 9.59 Å². The van der Waals surface area contributed by atoms with Crippen molar-refractivity contribution in [1.82, 2.24) is 9.13 Å². The first kappa shape index (κ1) is 19.2. The molecule has 0 N–H and O–H groups in total. The Morgan fingerprint density at radius 3 is 2.32 bits per heavy atom. The largest absolute Gasteiger partial charge is 0.456 e. The molecular formula is C21H21N3O4. The van der Waals surface area contributed by atoms with Crippen molar-refractivity contribution in [3.05, 3.63) is 92.8 Å². The fourth-order valence-corrected chi connectivity index (χ4v) is 2.86. The molecule has 7 nitrogen and oxygen atoms in total. The van der Waals surface area contributed by atoms with Gasteiger partial charge in [-0.15, -0.1) is 0 Å². The predicted molar refractivity (Wildman–Crippen MR) is 107 cm³/mol. The SMILES string of the molecule is CN(c1ccccc1)c1ccccc1C(=O)OCc1cc(=O)n(C)c(=O)n1C. The van der Waals surface area contributed by atoms with E-state index >= 15 is 0 Å². The number of carbonyl (C=O) groups is 1. The highest BCUT2D eigenvalue weighted by atomic mass is 16.5. The van der Waals surface area contributed by atoms with Crippen LogP contribution in [0.3, 0.4) is 0 Å². The summed E-state index contributed by atoms with van der Waals surface area (Å²) in [5.74, 6) is -0.536. The predicted octanol–water partition coefficient (Wildman–Crippen LogP) is 2.21. The third-order valence-corrected chi connectivity index (χ3v) is 4.61. The number of ether oxygens (including phenoxy) is 1. The van der Waals surface area contributed by atoms with Crippen LogP contribution < -0.4 is 16.1 Å². The molecule has 28 heavy (non-hydrogen) atoms. The van der Waals surface area contributed by atoms with Crippen LogP contribution in [0.1, 0.15) is 16.1 Å². The maximum atomic E-state index is 12.7. The zero-order valence-corrected chi connectivity index (χ0v) is 16.0. The van der Waals surface area contributed by atoms with Gasteiger partial charge in [-0.05, 0) is 24.3 Å². The Hall–Kier alpha value is -3.61. The van der Waals surface area contributed by atoms with Crippen LogP contribution in [0, 0.1) is 0 Å². The van der Waals surface area contributed by atoms with Crippen molar-refractivity contribution in [2.24, 2.45) is 14.1 Å². The standard InChI is InChI=1S/C21H21N3O4/c1-22(15-9-5-4-6-10-15)18-12-8-7-11-17(18)20(26)28-14-16-13-19(25)24(3)21(27)23(16)2/h4-13H,14H2,1-3H3. The highest BCUT2D eigenvalue weighted by Crippen LogP contribution is 2.27. The Labute approximate surface area is 162 Å². The second kappa shape index (κ2) is 7.96. The minimum Gasteiger partial charge on any atom is -0.456 e. The molecule has 0 saturated carbocycles. The van der Waals surface area contributed by atoms with E-state index in [0.29, 0.717) is 16.9 Å². The average molecular weight is 379 g/mol. The average Bonchev–Trinajstić information content (AvgIpc) is 2.73. The van der Waals surface area contributed by atoms with Gasteiger partial charge in [0.05, 0.1) is 16.9 Å². The molecule has 0 radical (unpaired) electrons. The third kappa shape index (κ3) is 3.73. The summed E-state index contributed by atoms with van der Waals surface area (Å²) in [6.45, 7) is -0.177. The Bertz CT molecular complexity index is 1120. The van der Waals surface area contributed by atoms with Crippen molar-refractivity contribution in [1.29, 1.82) is 0 Å². The third-order valence-electron chi connectivity index (χ3n) is 4.61. The first-order chi connectivity index (χ1) is 13.4. The summed E-state index contributed by atoms with van der Waals surface area (Å²) in [6, 6.07) is 18.0. The molecule has 0 amide bonds. The molecule has 144 valence electrons. The van der Waals surface area contributed by atoms with Crippen LogP contribution in [0.4, 0.5) is 11.4 Å². The molecule has 0 fully saturated rings. The fraction of sp³-hybridized carbons (Fsp3) is 0.190. The first-order valence-corrected chi connectivity index (χ1v) is 8.71. The second-order valence-corrected chi connectivity index (χ2v) is 6.36. The van der Waals surface area contributed by atoms with E-state index in [0.717, 1.165) is 10.3 Å². The van der Waals surface area contributed by atoms with Gasteiger partial charge < -0.3 is 9.64 Å². The summed E-state index contributed by atoms with van der Waals surface area (Å²) >= 11 is 0. The molecule has 0 spiro atoms. The van der Waals surface area contributed by atoms with Gasteiger partial charge >= 0.3 is 11.7 Å². The molecular weight excluding hydrogens is 358 g/mol. The van der Waals surface area contributed by atoms with E-state index in [4.69, 9.17) is 4.74 Å². The molecule has 1 aromatic heterocycles. The summed E-state index contributed by atoms with van der Waals surface area (Å²) in [7, 11) is 4.80. The molecule has 0 bridgehead atoms. The van der Waals surface area contributed by atoms with E-state index in [2.05, 4.69) is 0 Å². The second-order valence-electron chi connectivity index (χ2n) is 6.36. The summed E-state index contributed by atoms with van der Waals surface area (Å²) in [6.07, 6.45) is 0. The van der Waals surface area contributed by atoms with E-state index < -0.39 is 17.2 Å². The summed E-state index contributed by atoms with van der Waals surface area (Å²) in [4.78, 5) is 38.4. The molecule has 0 unspecified atom stereocenters. The topological polar surface area (TPSA) is 73.5 Å². The normalized spacial score (nSPS) is 10.5. The zero-order chi connectivity index (χ0) is 20.3. The Kier molecular flexibility index (Phi) is 5.44. The lowest BCUT2D eigenvalue weighted by atomic mass is 10.1. The fourth-order valence-electron chi connectivity index (χ4n) is 2.86. The molecule has 0 aliphatic rings. The molecule has 3 aromatic rings. The molecule has 0 saturated heterocycles. The van der Waals surface area contributed by atoms with E-state index in [1.807, 2.05) is 54.4 Å². The monoisotopic (exact) mass is 379 g/mol. The Morgan fingerprint density at radius 2 is 1.61 bits per heavy atom. The highest BCUT2D eigenvalue weighted by Gasteiger charge is 2.17. The summed E-state index contributed by atoms with van der Waals surface area (Å²) in [5, 5.41) is 0. The Morgan fingerprint density at radius 1 is 0.964 bits per heavy atom. The lowest BCUT2D eigenvalue weighted by Crippen LogP contribution is -2.38. The lowest BCUT2D eigenvalue weighted by molar-refractivity contribution is 0.0463. The number of carbonyl (C=O) groups excluding carboxylic acids is 1. The minimum absolute atomic E-state index is 0.177. The molecule has 3 rings (SSSR count). The van der Waals surface area contributed by atoms with Crippen molar-refractivity contribution in [3.63, 3.8) is 0 Å². The number of hydrogen-bond acceptors (Lipinski definition) is 5. The van der Waals surface area contributed by atoms with Crippen molar-refractivity contribution in [2.75, 3.05) is 11.9 Å². The van der Waals surface area contributed by atoms with Gasteiger partial charge in [0.15, 0.2) is 0 Å². The summed E-state index contributed by atoms with van der Waals surface area (Å²) in [5.41, 5.74) is 1.42. The smallest absolute Gasteiger partial charge is 0.340 e. The van der Waals surface area contributed by atoms with E-state index in [-0.39, 0.29) is 6.61 Å². The van der Waals surface area contributed by atoms with Gasteiger partial charge in [-0.2, -0.15) is 0 Å². The van der Waals surface area contributed by atoms with E-state index in [1.165, 1.54) is 24.7 Å². The van der Waals surface area contributed by atoms with Crippen LogP contribution in [0.5, 0.6) is 0 Å². The number of nitrogens with zero attached hydrogens (tertiary/aromatic N) is 3. The Balaban J connectivity index is 1.85. The van der Waals surface area contributed by atoms with Crippen LogP contribution in [0.25, 0.3) is 0 Å². The maximum Gasteiger partial charge on any atom is 0.340 e. The van der Waals surface area contributed by atoms with Crippen LogP contribution in [-0.4, -0.2) is 22.2 Å². The molecule has 2 aromatic carbocycles. The molecule has 0 atom stereocenters. The first-order valence-electron chi connectivity index (χ1n) is 8.71. The quantitative estimate of drug-likeness (QED) is 0.636. The molecule has 7 heteroatoms. The van der Waals surface area contributed by atoms with Gasteiger partial charge in [0.2, 0.25) is 0 Å². The maximum absolute atomic E-state index is 12.7. The van der Waals surface area contributed by atoms with Crippen LogP contribution in [-0.2, 0) is 25.4 Å². The van der Waals surface area contributed by atoms with Gasteiger partial charge in [-0.1, -0.05) is 30.3 Å². The van der Waals surface area contributed by atoms with E-state index in [1.54, 1.807) is 12.1 Å². The van der Waals surface area contributed by atoms with Gasteiger partial charge in [-0.3, -0.25) is 13.9 Å². The number of benzene rings is 2. The number of anilines is 2. The van der Waals surface area contributed by atoms with Crippen LogP contribution in [0.2, 0.25) is 0 Å². The van der Waals surface area contributed by atoms with Crippen molar-refractivity contribution < 1.29 is 9.53 Å². The number of para-hydroxylation sites is 2. The van der Waals surface area contributed by atoms with Gasteiger partial charge in [0.25, 0.3) is 5.56 Å². The van der Waals surface area contributed by atoms with Crippen molar-refractivity contribution >= 4 is 17.3 Å². The minimum atomic E-state index is -0.536. The molecule has 0 aliphatic heterocycles. The van der Waals surface area contributed by atoms with Gasteiger partial charge in [0, 0.05) is 32.9 Å². The zero-order valence-electron chi connectivity index (χ0n) is 16.0. The van der Waals surface area contributed by atoms with Crippen LogP contribution >= 0.6 is 0 Å². The highest BCUT2D eigenvalue weighted by molar-refractivity contribution is 5.96.